The van der Waals surface area contributed by atoms with Crippen LogP contribution in [0.15, 0.2) is 0 Å². The van der Waals surface area contributed by atoms with Gasteiger partial charge < -0.3 is 4.90 Å². The lowest BCUT2D eigenvalue weighted by Gasteiger charge is -2.46. The summed E-state index contributed by atoms with van der Waals surface area (Å²) in [6.45, 7) is 15.8. The molecule has 1 aliphatic heterocycles. The van der Waals surface area contributed by atoms with E-state index in [2.05, 4.69) is 37.5 Å². The topological polar surface area (TPSA) is 6.48 Å². The zero-order valence-electron chi connectivity index (χ0n) is 15.3. The van der Waals surface area contributed by atoms with Crippen LogP contribution in [0.4, 0.5) is 0 Å². The molecule has 0 saturated carbocycles. The van der Waals surface area contributed by atoms with Gasteiger partial charge in [0.1, 0.15) is 0 Å². The Morgan fingerprint density at radius 1 is 0.714 bits per heavy atom. The second-order valence-corrected chi connectivity index (χ2v) is 7.19. The maximum Gasteiger partial charge on any atom is 0.0182 e. The zero-order valence-corrected chi connectivity index (χ0v) is 15.3. The minimum Gasteiger partial charge on any atom is -0.301 e. The number of hydrogen-bond donors (Lipinski definition) is 0. The van der Waals surface area contributed by atoms with Crippen molar-refractivity contribution in [2.45, 2.75) is 91.0 Å². The van der Waals surface area contributed by atoms with Crippen molar-refractivity contribution in [2.75, 3.05) is 32.7 Å². The van der Waals surface area contributed by atoms with Crippen LogP contribution in [0.25, 0.3) is 0 Å². The maximum absolute atomic E-state index is 2.82. The summed E-state index contributed by atoms with van der Waals surface area (Å²) in [6.07, 6.45) is 12.6. The molecule has 0 spiro atoms. The minimum absolute atomic E-state index is 0.461. The smallest absolute Gasteiger partial charge is 0.0182 e. The van der Waals surface area contributed by atoms with Gasteiger partial charge in [-0.2, -0.15) is 0 Å². The largest absolute Gasteiger partial charge is 0.301 e. The lowest BCUT2D eigenvalue weighted by Crippen LogP contribution is -2.55. The second-order valence-electron chi connectivity index (χ2n) is 7.19. The van der Waals surface area contributed by atoms with Crippen LogP contribution < -0.4 is 0 Å². The molecule has 0 bridgehead atoms. The number of rotatable bonds is 11. The average molecular weight is 297 g/mol. The van der Waals surface area contributed by atoms with Gasteiger partial charge in [-0.1, -0.05) is 65.7 Å². The first kappa shape index (κ1) is 19.0. The molecule has 0 aromatic carbocycles. The summed E-state index contributed by atoms with van der Waals surface area (Å²) in [6, 6.07) is 0. The normalized spacial score (nSPS) is 20.6. The summed E-state index contributed by atoms with van der Waals surface area (Å²) in [5.74, 6) is 0. The van der Waals surface area contributed by atoms with Gasteiger partial charge >= 0.3 is 0 Å². The highest BCUT2D eigenvalue weighted by Crippen LogP contribution is 2.30. The summed E-state index contributed by atoms with van der Waals surface area (Å²) in [5, 5.41) is 0. The summed E-state index contributed by atoms with van der Waals surface area (Å²) in [5.41, 5.74) is 0.461. The first-order valence-electron chi connectivity index (χ1n) is 9.63. The number of likely N-dealkylation sites (N-methyl/N-ethyl adjacent to an activating group) is 1. The third-order valence-electron chi connectivity index (χ3n) is 5.47. The fourth-order valence-electron chi connectivity index (χ4n) is 3.73. The van der Waals surface area contributed by atoms with E-state index in [1.165, 1.54) is 90.5 Å². The maximum atomic E-state index is 2.82. The minimum atomic E-state index is 0.461. The summed E-state index contributed by atoms with van der Waals surface area (Å²) in [4.78, 5) is 5.42. The Morgan fingerprint density at radius 3 is 1.76 bits per heavy atom. The van der Waals surface area contributed by atoms with Crippen molar-refractivity contribution in [1.82, 2.24) is 9.80 Å². The van der Waals surface area contributed by atoms with Gasteiger partial charge in [-0.05, 0) is 26.3 Å². The molecule has 2 nitrogen and oxygen atoms in total. The molecule has 0 aromatic rings. The molecule has 0 aromatic heterocycles. The van der Waals surface area contributed by atoms with E-state index in [1.54, 1.807) is 0 Å². The molecule has 1 aliphatic rings. The fraction of sp³-hybridized carbons (Fsp3) is 1.00. The Labute approximate surface area is 134 Å². The van der Waals surface area contributed by atoms with E-state index in [9.17, 15) is 0 Å². The Hall–Kier alpha value is -0.0800. The molecule has 2 heteroatoms. The predicted molar refractivity (Wildman–Crippen MR) is 95.0 cm³/mol. The van der Waals surface area contributed by atoms with Gasteiger partial charge in [-0.3, -0.25) is 4.90 Å². The van der Waals surface area contributed by atoms with Crippen LogP contribution in [0.1, 0.15) is 85.5 Å². The van der Waals surface area contributed by atoms with Crippen molar-refractivity contribution in [3.8, 4) is 0 Å². The molecule has 21 heavy (non-hydrogen) atoms. The van der Waals surface area contributed by atoms with Crippen LogP contribution in [0.2, 0.25) is 0 Å². The Kier molecular flexibility index (Phi) is 9.59. The van der Waals surface area contributed by atoms with Crippen molar-refractivity contribution >= 4 is 0 Å². The van der Waals surface area contributed by atoms with Gasteiger partial charge in [0, 0.05) is 31.7 Å². The first-order chi connectivity index (χ1) is 10.2. The van der Waals surface area contributed by atoms with E-state index >= 15 is 0 Å². The van der Waals surface area contributed by atoms with Gasteiger partial charge in [0.25, 0.3) is 0 Å². The monoisotopic (exact) mass is 296 g/mol. The van der Waals surface area contributed by atoms with E-state index in [-0.39, 0.29) is 0 Å². The van der Waals surface area contributed by atoms with Gasteiger partial charge in [-0.25, -0.2) is 0 Å². The molecule has 1 atom stereocenters. The molecule has 1 unspecified atom stereocenters. The van der Waals surface area contributed by atoms with Crippen molar-refractivity contribution in [2.24, 2.45) is 0 Å². The molecule has 1 fully saturated rings. The third-order valence-corrected chi connectivity index (χ3v) is 5.47. The SMILES string of the molecule is CCCCCCC(C)(CCCCC)N1CCN(CC)CC1. The standard InChI is InChI=1S/C19H40N2/c1-5-8-10-12-14-19(4,13-11-9-6-2)21-17-15-20(7-3)16-18-21/h5-18H2,1-4H3. The van der Waals surface area contributed by atoms with E-state index in [0.29, 0.717) is 5.54 Å². The van der Waals surface area contributed by atoms with Crippen LogP contribution in [0, 0.1) is 0 Å². The van der Waals surface area contributed by atoms with Crippen molar-refractivity contribution in [1.29, 1.82) is 0 Å². The van der Waals surface area contributed by atoms with E-state index in [4.69, 9.17) is 0 Å². The van der Waals surface area contributed by atoms with Crippen molar-refractivity contribution in [3.05, 3.63) is 0 Å². The highest BCUT2D eigenvalue weighted by atomic mass is 15.3. The van der Waals surface area contributed by atoms with Gasteiger partial charge in [-0.15, -0.1) is 0 Å². The van der Waals surface area contributed by atoms with Crippen LogP contribution in [0.3, 0.4) is 0 Å². The number of unbranched alkanes of at least 4 members (excludes halogenated alkanes) is 5. The predicted octanol–water partition coefficient (Wildman–Crippen LogP) is 4.93. The molecule has 126 valence electrons. The summed E-state index contributed by atoms with van der Waals surface area (Å²) < 4.78 is 0. The van der Waals surface area contributed by atoms with Crippen molar-refractivity contribution in [3.63, 3.8) is 0 Å². The van der Waals surface area contributed by atoms with Crippen molar-refractivity contribution < 1.29 is 0 Å². The van der Waals surface area contributed by atoms with Crippen LogP contribution in [-0.2, 0) is 0 Å². The lowest BCUT2D eigenvalue weighted by atomic mass is 9.86. The number of nitrogens with zero attached hydrogens (tertiary/aromatic N) is 2. The third kappa shape index (κ3) is 6.69. The second kappa shape index (κ2) is 10.6. The fourth-order valence-corrected chi connectivity index (χ4v) is 3.73. The van der Waals surface area contributed by atoms with Gasteiger partial charge in [0.05, 0.1) is 0 Å². The van der Waals surface area contributed by atoms with Crippen LogP contribution in [-0.4, -0.2) is 48.1 Å². The molecule has 1 heterocycles. The number of piperazine rings is 1. The van der Waals surface area contributed by atoms with E-state index in [0.717, 1.165) is 0 Å². The molecular weight excluding hydrogens is 256 g/mol. The Bertz CT molecular complexity index is 246. The number of hydrogen-bond acceptors (Lipinski definition) is 2. The van der Waals surface area contributed by atoms with Gasteiger partial charge in [0.2, 0.25) is 0 Å². The van der Waals surface area contributed by atoms with E-state index in [1.807, 2.05) is 0 Å². The summed E-state index contributed by atoms with van der Waals surface area (Å²) >= 11 is 0. The highest BCUT2D eigenvalue weighted by molar-refractivity contribution is 4.89. The molecule has 1 saturated heterocycles. The average Bonchev–Trinajstić information content (AvgIpc) is 2.52. The quantitative estimate of drug-likeness (QED) is 0.499. The molecular formula is C19H40N2. The molecule has 0 N–H and O–H groups in total. The molecule has 0 aliphatic carbocycles. The lowest BCUT2D eigenvalue weighted by molar-refractivity contribution is 0.0297. The van der Waals surface area contributed by atoms with Crippen LogP contribution >= 0.6 is 0 Å². The Morgan fingerprint density at radius 2 is 1.24 bits per heavy atom. The molecule has 0 radical (unpaired) electrons. The molecule has 1 rings (SSSR count). The zero-order chi connectivity index (χ0) is 15.6. The van der Waals surface area contributed by atoms with Gasteiger partial charge in [0.15, 0.2) is 0 Å². The first-order valence-corrected chi connectivity index (χ1v) is 9.63. The summed E-state index contributed by atoms with van der Waals surface area (Å²) in [7, 11) is 0. The van der Waals surface area contributed by atoms with E-state index < -0.39 is 0 Å². The molecule has 0 amide bonds. The Balaban J connectivity index is 2.49. The van der Waals surface area contributed by atoms with Crippen LogP contribution in [0.5, 0.6) is 0 Å². The highest BCUT2D eigenvalue weighted by Gasteiger charge is 2.32.